The minimum absolute atomic E-state index is 0.261. The normalized spacial score (nSPS) is 16.1. The van der Waals surface area contributed by atoms with E-state index < -0.39 is 21.0 Å². The summed E-state index contributed by atoms with van der Waals surface area (Å²) < 4.78 is 29.6. The van der Waals surface area contributed by atoms with Crippen LogP contribution < -0.4 is 4.72 Å². The molecule has 2 heterocycles. The van der Waals surface area contributed by atoms with Gasteiger partial charge in [-0.25, -0.2) is 13.1 Å². The van der Waals surface area contributed by atoms with Crippen LogP contribution in [0.5, 0.6) is 0 Å². The van der Waals surface area contributed by atoms with E-state index in [-0.39, 0.29) is 6.54 Å². The molecule has 0 atom stereocenters. The molecule has 0 spiro atoms. The Morgan fingerprint density at radius 1 is 0.875 bits per heavy atom. The molecule has 210 valence electrons. The second kappa shape index (κ2) is 12.6. The van der Waals surface area contributed by atoms with Crippen molar-refractivity contribution in [2.45, 2.75) is 40.9 Å². The molecular formula is C32H35ClN2O3S2. The summed E-state index contributed by atoms with van der Waals surface area (Å²) in [4.78, 5) is 2.40. The molecule has 2 N–H and O–H groups in total. The highest BCUT2D eigenvalue weighted by Crippen LogP contribution is 2.38. The van der Waals surface area contributed by atoms with Gasteiger partial charge >= 0.3 is 0 Å². The molecule has 40 heavy (non-hydrogen) atoms. The highest BCUT2D eigenvalue weighted by Gasteiger charge is 2.37. The number of rotatable bonds is 11. The monoisotopic (exact) mass is 594 g/mol. The fourth-order valence-electron chi connectivity index (χ4n) is 5.77. The number of hydrogen-bond acceptors (Lipinski definition) is 5. The Morgan fingerprint density at radius 2 is 1.48 bits per heavy atom. The first kappa shape index (κ1) is 29.0. The lowest BCUT2D eigenvalue weighted by Gasteiger charge is -2.40. The quantitative estimate of drug-likeness (QED) is 0.210. The molecule has 1 aliphatic rings. The van der Waals surface area contributed by atoms with E-state index in [4.69, 9.17) is 11.6 Å². The molecule has 1 aromatic heterocycles. The van der Waals surface area contributed by atoms with Gasteiger partial charge in [0.05, 0.1) is 5.60 Å². The Kier molecular flexibility index (Phi) is 9.10. The fraction of sp³-hybridized carbons (Fsp3) is 0.312. The predicted octanol–water partition coefficient (Wildman–Crippen LogP) is 6.43. The largest absolute Gasteiger partial charge is 0.385 e. The Labute approximate surface area is 246 Å². The van der Waals surface area contributed by atoms with E-state index in [9.17, 15) is 13.5 Å². The average Bonchev–Trinajstić information content (AvgIpc) is 3.54. The fourth-order valence-corrected chi connectivity index (χ4v) is 8.03. The zero-order chi connectivity index (χ0) is 28.1. The van der Waals surface area contributed by atoms with Gasteiger partial charge < -0.3 is 10.0 Å². The number of aliphatic hydroxyl groups is 1. The summed E-state index contributed by atoms with van der Waals surface area (Å²) in [5, 5.41) is 13.7. The lowest BCUT2D eigenvalue weighted by molar-refractivity contribution is -0.0262. The zero-order valence-electron chi connectivity index (χ0n) is 22.4. The van der Waals surface area contributed by atoms with Crippen LogP contribution in [0.3, 0.4) is 0 Å². The summed E-state index contributed by atoms with van der Waals surface area (Å²) in [6.45, 7) is 2.73. The molecule has 0 saturated carbocycles. The summed E-state index contributed by atoms with van der Waals surface area (Å²) >= 11 is 7.27. The van der Waals surface area contributed by atoms with Crippen LogP contribution in [0.15, 0.2) is 107 Å². The van der Waals surface area contributed by atoms with Crippen molar-refractivity contribution in [2.75, 3.05) is 26.2 Å². The standard InChI is InChI=1S/C32H35ClN2O3S2/c33-29-16-14-28(15-17-29)32(36)19-22-35(23-20-32)21-8-18-31(26-9-3-1-4-10-26,27-11-5-2-6-12-27)25-34-40(37,38)30-13-7-24-39-30/h1-7,9-17,24,34,36H,8,18-23,25H2. The summed E-state index contributed by atoms with van der Waals surface area (Å²) in [6.07, 6.45) is 2.98. The maximum absolute atomic E-state index is 13.2. The van der Waals surface area contributed by atoms with Crippen LogP contribution in [0, 0.1) is 0 Å². The first-order chi connectivity index (χ1) is 19.3. The number of nitrogens with one attached hydrogen (secondary N) is 1. The van der Waals surface area contributed by atoms with Crippen molar-refractivity contribution in [3.63, 3.8) is 0 Å². The highest BCUT2D eigenvalue weighted by molar-refractivity contribution is 7.91. The molecule has 3 aromatic carbocycles. The molecule has 8 heteroatoms. The lowest BCUT2D eigenvalue weighted by atomic mass is 9.71. The summed E-state index contributed by atoms with van der Waals surface area (Å²) in [5.74, 6) is 0. The SMILES string of the molecule is O=S(=O)(NCC(CCCN1CCC(O)(c2ccc(Cl)cc2)CC1)(c1ccccc1)c1ccccc1)c1cccs1. The summed E-state index contributed by atoms with van der Waals surface area (Å²) in [5.41, 5.74) is 1.73. The summed E-state index contributed by atoms with van der Waals surface area (Å²) in [6, 6.07) is 31.3. The molecule has 1 fully saturated rings. The van der Waals surface area contributed by atoms with Crippen LogP contribution in [-0.2, 0) is 21.0 Å². The van der Waals surface area contributed by atoms with E-state index in [1.807, 2.05) is 60.7 Å². The molecule has 0 bridgehead atoms. The smallest absolute Gasteiger partial charge is 0.250 e. The molecule has 0 amide bonds. The first-order valence-electron chi connectivity index (χ1n) is 13.7. The van der Waals surface area contributed by atoms with Crippen molar-refractivity contribution in [3.8, 4) is 0 Å². The van der Waals surface area contributed by atoms with Crippen LogP contribution in [0.1, 0.15) is 42.4 Å². The Bertz CT molecular complexity index is 1410. The van der Waals surface area contributed by atoms with Gasteiger partial charge in [-0.1, -0.05) is 90.5 Å². The maximum Gasteiger partial charge on any atom is 0.250 e. The Hall–Kier alpha value is -2.52. The summed E-state index contributed by atoms with van der Waals surface area (Å²) in [7, 11) is -3.63. The number of halogens is 1. The third-order valence-corrected chi connectivity index (χ3v) is 11.2. The van der Waals surface area contributed by atoms with Crippen LogP contribution in [0.25, 0.3) is 0 Å². The van der Waals surface area contributed by atoms with E-state index in [1.165, 1.54) is 11.3 Å². The molecule has 0 aliphatic carbocycles. The van der Waals surface area contributed by atoms with Crippen molar-refractivity contribution < 1.29 is 13.5 Å². The van der Waals surface area contributed by atoms with Gasteiger partial charge in [-0.3, -0.25) is 0 Å². The van der Waals surface area contributed by atoms with Gasteiger partial charge in [0, 0.05) is 30.1 Å². The minimum Gasteiger partial charge on any atom is -0.385 e. The second-order valence-electron chi connectivity index (χ2n) is 10.6. The maximum atomic E-state index is 13.2. The van der Waals surface area contributed by atoms with Gasteiger partial charge in [-0.05, 0) is 72.5 Å². The Balaban J connectivity index is 1.33. The molecule has 1 saturated heterocycles. The van der Waals surface area contributed by atoms with Gasteiger partial charge in [-0.2, -0.15) is 0 Å². The predicted molar refractivity (Wildman–Crippen MR) is 163 cm³/mol. The molecule has 4 aromatic rings. The average molecular weight is 595 g/mol. The number of sulfonamides is 1. The van der Waals surface area contributed by atoms with Crippen molar-refractivity contribution in [1.29, 1.82) is 0 Å². The molecule has 1 aliphatic heterocycles. The molecule has 5 rings (SSSR count). The van der Waals surface area contributed by atoms with Gasteiger partial charge in [0.2, 0.25) is 10.0 Å². The van der Waals surface area contributed by atoms with Gasteiger partial charge in [0.15, 0.2) is 0 Å². The van der Waals surface area contributed by atoms with Gasteiger partial charge in [-0.15, -0.1) is 11.3 Å². The Morgan fingerprint density at radius 3 is 2.02 bits per heavy atom. The van der Waals surface area contributed by atoms with Crippen molar-refractivity contribution in [3.05, 3.63) is 124 Å². The second-order valence-corrected chi connectivity index (χ2v) is 13.9. The number of thiophene rings is 1. The molecule has 0 radical (unpaired) electrons. The number of nitrogens with zero attached hydrogens (tertiary/aromatic N) is 1. The minimum atomic E-state index is -3.63. The van der Waals surface area contributed by atoms with E-state index >= 15 is 0 Å². The number of hydrogen-bond donors (Lipinski definition) is 2. The zero-order valence-corrected chi connectivity index (χ0v) is 24.8. The van der Waals surface area contributed by atoms with Gasteiger partial charge in [0.1, 0.15) is 4.21 Å². The van der Waals surface area contributed by atoms with Crippen molar-refractivity contribution in [2.24, 2.45) is 0 Å². The van der Waals surface area contributed by atoms with E-state index in [2.05, 4.69) is 33.9 Å². The number of piperidine rings is 1. The van der Waals surface area contributed by atoms with Crippen LogP contribution in [0.2, 0.25) is 5.02 Å². The first-order valence-corrected chi connectivity index (χ1v) is 16.4. The third-order valence-electron chi connectivity index (χ3n) is 8.12. The number of benzene rings is 3. The van der Waals surface area contributed by atoms with Crippen molar-refractivity contribution in [1.82, 2.24) is 9.62 Å². The topological polar surface area (TPSA) is 69.6 Å². The number of likely N-dealkylation sites (tertiary alicyclic amines) is 1. The molecule has 5 nitrogen and oxygen atoms in total. The highest BCUT2D eigenvalue weighted by atomic mass is 35.5. The van der Waals surface area contributed by atoms with Crippen LogP contribution in [-0.4, -0.2) is 44.6 Å². The lowest BCUT2D eigenvalue weighted by Crippen LogP contribution is -2.44. The van der Waals surface area contributed by atoms with E-state index in [1.54, 1.807) is 17.5 Å². The molecule has 0 unspecified atom stereocenters. The van der Waals surface area contributed by atoms with Crippen molar-refractivity contribution >= 4 is 33.0 Å². The van der Waals surface area contributed by atoms with Crippen LogP contribution >= 0.6 is 22.9 Å². The third kappa shape index (κ3) is 6.51. The van der Waals surface area contributed by atoms with E-state index in [0.717, 1.165) is 49.2 Å². The molecular weight excluding hydrogens is 560 g/mol. The van der Waals surface area contributed by atoms with Crippen LogP contribution in [0.4, 0.5) is 0 Å². The van der Waals surface area contributed by atoms with E-state index in [0.29, 0.717) is 22.1 Å². The van der Waals surface area contributed by atoms with Gasteiger partial charge in [0.25, 0.3) is 0 Å².